The molecule has 0 fully saturated rings. The summed E-state index contributed by atoms with van der Waals surface area (Å²) in [6.07, 6.45) is 1.36. The van der Waals surface area contributed by atoms with E-state index in [2.05, 4.69) is 20.9 Å². The van der Waals surface area contributed by atoms with Crippen molar-refractivity contribution in [2.24, 2.45) is 4.99 Å². The molecule has 3 aromatic rings. The number of hydrogen-bond acceptors (Lipinski definition) is 5. The van der Waals surface area contributed by atoms with Gasteiger partial charge in [0, 0.05) is 23.9 Å². The van der Waals surface area contributed by atoms with Crippen LogP contribution in [0.3, 0.4) is 0 Å². The van der Waals surface area contributed by atoms with Gasteiger partial charge in [-0.15, -0.1) is 0 Å². The molecule has 3 aromatic carbocycles. The van der Waals surface area contributed by atoms with Crippen LogP contribution in [0.5, 0.6) is 17.2 Å². The molecule has 0 aliphatic heterocycles. The number of nitro benzene ring substituents is 1. The Morgan fingerprint density at radius 3 is 2.52 bits per heavy atom. The Morgan fingerprint density at radius 2 is 1.85 bits per heavy atom. The molecule has 27 heavy (non-hydrogen) atoms. The van der Waals surface area contributed by atoms with Gasteiger partial charge in [-0.2, -0.15) is 0 Å². The Hall–Kier alpha value is -2.90. The second kappa shape index (κ2) is 8.20. The van der Waals surface area contributed by atoms with Crippen molar-refractivity contribution in [3.05, 3.63) is 85.8 Å². The van der Waals surface area contributed by atoms with E-state index in [1.54, 1.807) is 36.4 Å². The predicted octanol–water partition coefficient (Wildman–Crippen LogP) is 6.26. The number of rotatable bonds is 5. The smallest absolute Gasteiger partial charge is 0.271 e. The monoisotopic (exact) mass is 446 g/mol. The summed E-state index contributed by atoms with van der Waals surface area (Å²) in [6, 6.07) is 16.5. The number of non-ortho nitro benzene ring substituents is 1. The van der Waals surface area contributed by atoms with E-state index in [1.807, 2.05) is 12.1 Å². The van der Waals surface area contributed by atoms with Gasteiger partial charge < -0.3 is 9.84 Å². The van der Waals surface area contributed by atoms with Gasteiger partial charge in [-0.1, -0.05) is 23.7 Å². The molecule has 0 radical (unpaired) electrons. The van der Waals surface area contributed by atoms with Crippen molar-refractivity contribution in [2.45, 2.75) is 0 Å². The highest BCUT2D eigenvalue weighted by Crippen LogP contribution is 2.32. The first kappa shape index (κ1) is 18.9. The average Bonchev–Trinajstić information content (AvgIpc) is 2.65. The van der Waals surface area contributed by atoms with Crippen LogP contribution >= 0.6 is 27.5 Å². The molecule has 0 bridgehead atoms. The normalized spacial score (nSPS) is 10.9. The fourth-order valence-electron chi connectivity index (χ4n) is 2.21. The minimum atomic E-state index is -0.539. The third-order valence-corrected chi connectivity index (χ3v) is 4.46. The molecular weight excluding hydrogens is 436 g/mol. The number of para-hydroxylation sites is 1. The van der Waals surface area contributed by atoms with E-state index in [1.165, 1.54) is 18.3 Å². The molecule has 3 rings (SSSR count). The Bertz CT molecular complexity index is 1020. The van der Waals surface area contributed by atoms with Crippen molar-refractivity contribution in [2.75, 3.05) is 0 Å². The van der Waals surface area contributed by atoms with Gasteiger partial charge in [0.05, 0.1) is 20.1 Å². The van der Waals surface area contributed by atoms with Crippen molar-refractivity contribution in [1.82, 2.24) is 0 Å². The first-order valence-corrected chi connectivity index (χ1v) is 8.84. The van der Waals surface area contributed by atoms with E-state index in [-0.39, 0.29) is 21.5 Å². The van der Waals surface area contributed by atoms with Gasteiger partial charge in [-0.3, -0.25) is 15.1 Å². The fraction of sp³-hybridized carbons (Fsp3) is 0. The van der Waals surface area contributed by atoms with Crippen LogP contribution in [0.25, 0.3) is 0 Å². The van der Waals surface area contributed by atoms with Crippen LogP contribution < -0.4 is 4.74 Å². The second-order valence-electron chi connectivity index (χ2n) is 5.41. The van der Waals surface area contributed by atoms with Gasteiger partial charge in [0.15, 0.2) is 0 Å². The summed E-state index contributed by atoms with van der Waals surface area (Å²) in [4.78, 5) is 14.6. The van der Waals surface area contributed by atoms with Gasteiger partial charge in [0.2, 0.25) is 0 Å². The maximum atomic E-state index is 10.9. The number of benzene rings is 3. The van der Waals surface area contributed by atoms with Crippen molar-refractivity contribution in [3.8, 4) is 17.2 Å². The number of aromatic hydroxyl groups is 1. The first-order valence-electron chi connectivity index (χ1n) is 7.67. The average molecular weight is 448 g/mol. The molecule has 0 aromatic heterocycles. The highest BCUT2D eigenvalue weighted by Gasteiger charge is 2.13. The van der Waals surface area contributed by atoms with E-state index in [9.17, 15) is 15.2 Å². The van der Waals surface area contributed by atoms with Crippen LogP contribution in [0.1, 0.15) is 5.56 Å². The summed E-state index contributed by atoms with van der Waals surface area (Å²) in [5.41, 5.74) is 0.667. The molecule has 0 unspecified atom stereocenters. The standard InChI is InChI=1S/C19H12BrClN2O4/c20-16-10-14(23(25)26)9-12(19(16)24)11-22-13-5-7-15(8-6-13)27-18-4-2-1-3-17(18)21/h1-11,24H. The van der Waals surface area contributed by atoms with Gasteiger partial charge in [-0.05, 0) is 52.3 Å². The Morgan fingerprint density at radius 1 is 1.15 bits per heavy atom. The molecule has 0 heterocycles. The van der Waals surface area contributed by atoms with Crippen LogP contribution in [0.2, 0.25) is 5.02 Å². The molecule has 0 spiro atoms. The topological polar surface area (TPSA) is 85.0 Å². The van der Waals surface area contributed by atoms with Gasteiger partial charge in [-0.25, -0.2) is 0 Å². The summed E-state index contributed by atoms with van der Waals surface area (Å²) in [5.74, 6) is 1.01. The molecule has 6 nitrogen and oxygen atoms in total. The number of ether oxygens (including phenoxy) is 1. The number of halogens is 2. The zero-order valence-corrected chi connectivity index (χ0v) is 16.0. The van der Waals surface area contributed by atoms with Crippen molar-refractivity contribution in [1.29, 1.82) is 0 Å². The lowest BCUT2D eigenvalue weighted by molar-refractivity contribution is -0.385. The lowest BCUT2D eigenvalue weighted by Gasteiger charge is -2.07. The van der Waals surface area contributed by atoms with E-state index in [0.717, 1.165) is 0 Å². The molecule has 8 heteroatoms. The van der Waals surface area contributed by atoms with Crippen molar-refractivity contribution < 1.29 is 14.8 Å². The molecule has 0 aliphatic rings. The fourth-order valence-corrected chi connectivity index (χ4v) is 2.85. The third-order valence-electron chi connectivity index (χ3n) is 3.54. The van der Waals surface area contributed by atoms with E-state index < -0.39 is 4.92 Å². The van der Waals surface area contributed by atoms with E-state index >= 15 is 0 Å². The van der Waals surface area contributed by atoms with Crippen LogP contribution in [0.15, 0.2) is 70.1 Å². The molecule has 0 saturated carbocycles. The van der Waals surface area contributed by atoms with Gasteiger partial charge in [0.1, 0.15) is 17.2 Å². The first-order chi connectivity index (χ1) is 12.9. The van der Waals surface area contributed by atoms with E-state index in [0.29, 0.717) is 22.2 Å². The number of phenolic OH excluding ortho intramolecular Hbond substituents is 1. The summed E-state index contributed by atoms with van der Waals surface area (Å²) < 4.78 is 5.92. The minimum Gasteiger partial charge on any atom is -0.506 e. The molecule has 0 atom stereocenters. The lowest BCUT2D eigenvalue weighted by atomic mass is 10.2. The van der Waals surface area contributed by atoms with Crippen LogP contribution in [0, 0.1) is 10.1 Å². The van der Waals surface area contributed by atoms with Gasteiger partial charge in [0.25, 0.3) is 5.69 Å². The van der Waals surface area contributed by atoms with E-state index in [4.69, 9.17) is 16.3 Å². The summed E-state index contributed by atoms with van der Waals surface area (Å²) in [5, 5.41) is 21.5. The molecule has 136 valence electrons. The predicted molar refractivity (Wildman–Crippen MR) is 108 cm³/mol. The molecule has 0 aliphatic carbocycles. The number of phenols is 1. The Kier molecular flexibility index (Phi) is 5.73. The highest BCUT2D eigenvalue weighted by atomic mass is 79.9. The maximum absolute atomic E-state index is 10.9. The quantitative estimate of drug-likeness (QED) is 0.284. The summed E-state index contributed by atoms with van der Waals surface area (Å²) in [7, 11) is 0. The highest BCUT2D eigenvalue weighted by molar-refractivity contribution is 9.10. The molecule has 0 amide bonds. The number of hydrogen-bond donors (Lipinski definition) is 1. The molecular formula is C19H12BrClN2O4. The Labute approximate surface area is 168 Å². The minimum absolute atomic E-state index is 0.122. The van der Waals surface area contributed by atoms with Crippen LogP contribution in [-0.2, 0) is 0 Å². The van der Waals surface area contributed by atoms with Crippen molar-refractivity contribution in [3.63, 3.8) is 0 Å². The SMILES string of the molecule is O=[N+]([O-])c1cc(Br)c(O)c(C=Nc2ccc(Oc3ccccc3Cl)cc2)c1. The molecule has 0 saturated heterocycles. The number of nitrogens with zero attached hydrogens (tertiary/aromatic N) is 2. The number of aliphatic imine (C=N–C) groups is 1. The zero-order valence-electron chi connectivity index (χ0n) is 13.7. The largest absolute Gasteiger partial charge is 0.506 e. The zero-order chi connectivity index (χ0) is 19.4. The van der Waals surface area contributed by atoms with Crippen LogP contribution in [0.4, 0.5) is 11.4 Å². The summed E-state index contributed by atoms with van der Waals surface area (Å²) >= 11 is 9.16. The van der Waals surface area contributed by atoms with Crippen LogP contribution in [-0.4, -0.2) is 16.2 Å². The molecule has 1 N–H and O–H groups in total. The second-order valence-corrected chi connectivity index (χ2v) is 6.67. The Balaban J connectivity index is 1.79. The van der Waals surface area contributed by atoms with Gasteiger partial charge >= 0.3 is 0 Å². The third kappa shape index (κ3) is 4.64. The number of nitro groups is 1. The van der Waals surface area contributed by atoms with Crippen molar-refractivity contribution >= 4 is 45.1 Å². The maximum Gasteiger partial charge on any atom is 0.271 e. The summed E-state index contributed by atoms with van der Waals surface area (Å²) in [6.45, 7) is 0. The lowest BCUT2D eigenvalue weighted by Crippen LogP contribution is -1.91.